The van der Waals surface area contributed by atoms with E-state index < -0.39 is 12.1 Å². The molecular weight excluding hydrogens is 168 g/mol. The molecule has 1 unspecified atom stereocenters. The number of aliphatic hydroxyl groups is 1. The number of likely N-dealkylation sites (tertiary alicyclic amines) is 1. The number of carbonyl (C=O) groups excluding carboxylic acids is 1. The second-order valence-corrected chi connectivity index (χ2v) is 4.51. The van der Waals surface area contributed by atoms with Gasteiger partial charge in [-0.05, 0) is 6.92 Å². The highest BCUT2D eigenvalue weighted by atomic mass is 16.3. The minimum absolute atomic E-state index is 0.0791. The van der Waals surface area contributed by atoms with Gasteiger partial charge in [0, 0.05) is 18.5 Å². The molecule has 0 aromatic carbocycles. The van der Waals surface area contributed by atoms with Crippen LogP contribution < -0.4 is 5.73 Å². The van der Waals surface area contributed by atoms with Crippen molar-refractivity contribution in [3.63, 3.8) is 0 Å². The highest BCUT2D eigenvalue weighted by molar-refractivity contribution is 5.81. The summed E-state index contributed by atoms with van der Waals surface area (Å²) in [7, 11) is 0. The maximum absolute atomic E-state index is 11.5. The fourth-order valence-corrected chi connectivity index (χ4v) is 1.57. The van der Waals surface area contributed by atoms with E-state index in [0.29, 0.717) is 13.1 Å². The van der Waals surface area contributed by atoms with Crippen LogP contribution in [0, 0.1) is 5.41 Å². The topological polar surface area (TPSA) is 66.6 Å². The standard InChI is InChI=1S/C9H18N2O2/c1-6(10)8(13)11-4-7(12)9(2,3)5-11/h6-7,12H,4-5,10H2,1-3H3/t6-,7?/m1/s1. The Morgan fingerprint density at radius 1 is 1.69 bits per heavy atom. The molecule has 0 bridgehead atoms. The van der Waals surface area contributed by atoms with Gasteiger partial charge in [-0.1, -0.05) is 13.8 Å². The molecule has 1 amide bonds. The molecule has 4 heteroatoms. The Kier molecular flexibility index (Phi) is 2.63. The zero-order valence-corrected chi connectivity index (χ0v) is 8.45. The molecular formula is C9H18N2O2. The Morgan fingerprint density at radius 2 is 2.23 bits per heavy atom. The predicted molar refractivity (Wildman–Crippen MR) is 50.0 cm³/mol. The van der Waals surface area contributed by atoms with E-state index in [-0.39, 0.29) is 11.3 Å². The summed E-state index contributed by atoms with van der Waals surface area (Å²) in [5.41, 5.74) is 5.27. The first-order valence-corrected chi connectivity index (χ1v) is 4.57. The van der Waals surface area contributed by atoms with Crippen molar-refractivity contribution in [2.24, 2.45) is 11.1 Å². The van der Waals surface area contributed by atoms with Gasteiger partial charge in [-0.3, -0.25) is 4.79 Å². The van der Waals surface area contributed by atoms with Crippen LogP contribution >= 0.6 is 0 Å². The molecule has 1 rings (SSSR count). The Balaban J connectivity index is 2.64. The van der Waals surface area contributed by atoms with Crippen LogP contribution in [0.3, 0.4) is 0 Å². The number of hydrogen-bond acceptors (Lipinski definition) is 3. The highest BCUT2D eigenvalue weighted by Crippen LogP contribution is 2.29. The van der Waals surface area contributed by atoms with Crippen molar-refractivity contribution in [1.29, 1.82) is 0 Å². The minimum Gasteiger partial charge on any atom is -0.391 e. The van der Waals surface area contributed by atoms with Crippen molar-refractivity contribution < 1.29 is 9.90 Å². The Morgan fingerprint density at radius 3 is 2.54 bits per heavy atom. The molecule has 0 saturated carbocycles. The van der Waals surface area contributed by atoms with Crippen LogP contribution in [-0.4, -0.2) is 41.1 Å². The molecule has 0 aromatic rings. The van der Waals surface area contributed by atoms with Crippen LogP contribution in [0.1, 0.15) is 20.8 Å². The van der Waals surface area contributed by atoms with Crippen molar-refractivity contribution in [2.45, 2.75) is 32.9 Å². The van der Waals surface area contributed by atoms with E-state index in [9.17, 15) is 9.90 Å². The quantitative estimate of drug-likeness (QED) is 0.583. The molecule has 0 spiro atoms. The molecule has 0 aromatic heterocycles. The van der Waals surface area contributed by atoms with Gasteiger partial charge in [-0.15, -0.1) is 0 Å². The van der Waals surface area contributed by atoms with Gasteiger partial charge in [0.25, 0.3) is 0 Å². The number of amides is 1. The van der Waals surface area contributed by atoms with E-state index >= 15 is 0 Å². The van der Waals surface area contributed by atoms with Crippen molar-refractivity contribution in [3.8, 4) is 0 Å². The van der Waals surface area contributed by atoms with Crippen molar-refractivity contribution in [2.75, 3.05) is 13.1 Å². The molecule has 1 heterocycles. The molecule has 1 aliphatic heterocycles. The fraction of sp³-hybridized carbons (Fsp3) is 0.889. The third-order valence-electron chi connectivity index (χ3n) is 2.59. The van der Waals surface area contributed by atoms with Crippen molar-refractivity contribution >= 4 is 5.91 Å². The summed E-state index contributed by atoms with van der Waals surface area (Å²) in [6.07, 6.45) is -0.435. The fourth-order valence-electron chi connectivity index (χ4n) is 1.57. The summed E-state index contributed by atoms with van der Waals surface area (Å²) < 4.78 is 0. The van der Waals surface area contributed by atoms with Gasteiger partial charge in [-0.2, -0.15) is 0 Å². The predicted octanol–water partition coefficient (Wildman–Crippen LogP) is -0.437. The van der Waals surface area contributed by atoms with E-state index in [1.807, 2.05) is 13.8 Å². The molecule has 0 aliphatic carbocycles. The maximum atomic E-state index is 11.5. The lowest BCUT2D eigenvalue weighted by molar-refractivity contribution is -0.131. The summed E-state index contributed by atoms with van der Waals surface area (Å²) in [4.78, 5) is 13.1. The average Bonchev–Trinajstić information content (AvgIpc) is 2.25. The van der Waals surface area contributed by atoms with Crippen LogP contribution in [0.25, 0.3) is 0 Å². The van der Waals surface area contributed by atoms with Gasteiger partial charge in [0.2, 0.25) is 5.91 Å². The largest absolute Gasteiger partial charge is 0.391 e. The van der Waals surface area contributed by atoms with Crippen LogP contribution in [0.15, 0.2) is 0 Å². The molecule has 13 heavy (non-hydrogen) atoms. The van der Waals surface area contributed by atoms with E-state index in [0.717, 1.165) is 0 Å². The zero-order valence-electron chi connectivity index (χ0n) is 8.45. The second-order valence-electron chi connectivity index (χ2n) is 4.51. The summed E-state index contributed by atoms with van der Waals surface area (Å²) in [6.45, 7) is 6.57. The Labute approximate surface area is 78.7 Å². The van der Waals surface area contributed by atoms with Crippen LogP contribution in [-0.2, 0) is 4.79 Å². The van der Waals surface area contributed by atoms with E-state index in [1.165, 1.54) is 0 Å². The molecule has 4 nitrogen and oxygen atoms in total. The second kappa shape index (κ2) is 3.27. The van der Waals surface area contributed by atoms with E-state index in [4.69, 9.17) is 5.73 Å². The molecule has 1 aliphatic rings. The van der Waals surface area contributed by atoms with Gasteiger partial charge in [0.1, 0.15) is 0 Å². The number of rotatable bonds is 1. The van der Waals surface area contributed by atoms with Gasteiger partial charge < -0.3 is 15.7 Å². The molecule has 2 atom stereocenters. The summed E-state index contributed by atoms with van der Waals surface area (Å²) in [5.74, 6) is -0.0791. The van der Waals surface area contributed by atoms with Gasteiger partial charge in [0.15, 0.2) is 0 Å². The lowest BCUT2D eigenvalue weighted by Crippen LogP contribution is -2.41. The zero-order chi connectivity index (χ0) is 10.2. The van der Waals surface area contributed by atoms with Crippen LogP contribution in [0.5, 0.6) is 0 Å². The SMILES string of the molecule is C[C@@H](N)C(=O)N1CC(O)C(C)(C)C1. The van der Waals surface area contributed by atoms with Crippen molar-refractivity contribution in [1.82, 2.24) is 4.90 Å². The number of nitrogens with two attached hydrogens (primary N) is 1. The number of hydrogen-bond donors (Lipinski definition) is 2. The number of nitrogens with zero attached hydrogens (tertiary/aromatic N) is 1. The van der Waals surface area contributed by atoms with Crippen LogP contribution in [0.4, 0.5) is 0 Å². The third kappa shape index (κ3) is 2.00. The van der Waals surface area contributed by atoms with E-state index in [2.05, 4.69) is 0 Å². The number of β-amino-alcohol motifs (C(OH)–C–C–N with tert-alkyl or cyclic N) is 1. The molecule has 3 N–H and O–H groups in total. The third-order valence-corrected chi connectivity index (χ3v) is 2.59. The lowest BCUT2D eigenvalue weighted by atomic mass is 9.90. The smallest absolute Gasteiger partial charge is 0.239 e. The lowest BCUT2D eigenvalue weighted by Gasteiger charge is -2.21. The molecule has 76 valence electrons. The van der Waals surface area contributed by atoms with E-state index in [1.54, 1.807) is 11.8 Å². The molecule has 1 saturated heterocycles. The highest BCUT2D eigenvalue weighted by Gasteiger charge is 2.40. The maximum Gasteiger partial charge on any atom is 0.239 e. The first-order valence-electron chi connectivity index (χ1n) is 4.57. The summed E-state index contributed by atoms with van der Waals surface area (Å²) in [6, 6.07) is -0.471. The molecule has 0 radical (unpaired) electrons. The summed E-state index contributed by atoms with van der Waals surface area (Å²) in [5, 5.41) is 9.62. The van der Waals surface area contributed by atoms with Crippen molar-refractivity contribution in [3.05, 3.63) is 0 Å². The summed E-state index contributed by atoms with van der Waals surface area (Å²) >= 11 is 0. The first-order chi connectivity index (χ1) is 5.84. The Bertz CT molecular complexity index is 214. The van der Waals surface area contributed by atoms with Crippen LogP contribution in [0.2, 0.25) is 0 Å². The van der Waals surface area contributed by atoms with Gasteiger partial charge in [-0.25, -0.2) is 0 Å². The first kappa shape index (κ1) is 10.5. The monoisotopic (exact) mass is 186 g/mol. The number of carbonyl (C=O) groups is 1. The minimum atomic E-state index is -0.471. The van der Waals surface area contributed by atoms with Gasteiger partial charge in [0.05, 0.1) is 12.1 Å². The molecule has 1 fully saturated rings. The van der Waals surface area contributed by atoms with Gasteiger partial charge >= 0.3 is 0 Å². The Hall–Kier alpha value is -0.610. The number of aliphatic hydroxyl groups excluding tert-OH is 1. The average molecular weight is 186 g/mol. The normalized spacial score (nSPS) is 29.0.